The summed E-state index contributed by atoms with van der Waals surface area (Å²) < 4.78 is 0. The fourth-order valence-electron chi connectivity index (χ4n) is 3.36. The number of pyridine rings is 1. The second-order valence-electron chi connectivity index (χ2n) is 6.91. The molecule has 0 saturated heterocycles. The minimum atomic E-state index is -0.218. The minimum absolute atomic E-state index is 0.0512. The van der Waals surface area contributed by atoms with Crippen LogP contribution in [-0.2, 0) is 11.2 Å². The molecule has 0 fully saturated rings. The quantitative estimate of drug-likeness (QED) is 0.512. The highest BCUT2D eigenvalue weighted by molar-refractivity contribution is 7.13. The van der Waals surface area contributed by atoms with E-state index in [0.29, 0.717) is 17.7 Å². The van der Waals surface area contributed by atoms with Crippen LogP contribution in [-0.4, -0.2) is 21.8 Å². The van der Waals surface area contributed by atoms with Crippen LogP contribution in [0.15, 0.2) is 72.4 Å². The van der Waals surface area contributed by atoms with Crippen LogP contribution in [0.25, 0.3) is 21.8 Å². The lowest BCUT2D eigenvalue weighted by Gasteiger charge is -2.08. The van der Waals surface area contributed by atoms with Crippen molar-refractivity contribution in [3.63, 3.8) is 0 Å². The number of anilines is 2. The van der Waals surface area contributed by atoms with Gasteiger partial charge in [0.15, 0.2) is 0 Å². The van der Waals surface area contributed by atoms with Crippen molar-refractivity contribution in [2.75, 3.05) is 10.6 Å². The lowest BCUT2D eigenvalue weighted by atomic mass is 10.1. The van der Waals surface area contributed by atoms with E-state index in [1.807, 2.05) is 41.8 Å². The van der Waals surface area contributed by atoms with Gasteiger partial charge >= 0.3 is 0 Å². The number of nitrogens with zero attached hydrogens (tertiary/aromatic N) is 2. The Bertz CT molecular complexity index is 1270. The third-order valence-electron chi connectivity index (χ3n) is 4.84. The van der Waals surface area contributed by atoms with E-state index in [-0.39, 0.29) is 11.8 Å². The number of fused-ring (bicyclic) bond motifs is 1. The van der Waals surface area contributed by atoms with E-state index in [9.17, 15) is 9.59 Å². The molecule has 0 unspecified atom stereocenters. The Hall–Kier alpha value is -3.84. The predicted molar refractivity (Wildman–Crippen MR) is 118 cm³/mol. The van der Waals surface area contributed by atoms with Crippen LogP contribution in [0.3, 0.4) is 0 Å². The summed E-state index contributed by atoms with van der Waals surface area (Å²) in [4.78, 5) is 33.0. The molecule has 4 aromatic rings. The number of carbonyl (C=O) groups is 2. The fraction of sp³-hybridized carbons (Fsp3) is 0.0435. The maximum Gasteiger partial charge on any atom is 0.255 e. The molecule has 0 atom stereocenters. The van der Waals surface area contributed by atoms with E-state index in [2.05, 4.69) is 15.6 Å². The molecule has 0 saturated carbocycles. The number of thiazole rings is 1. The van der Waals surface area contributed by atoms with Crippen LogP contribution < -0.4 is 10.6 Å². The van der Waals surface area contributed by atoms with Crippen molar-refractivity contribution in [3.8, 4) is 21.8 Å². The highest BCUT2D eigenvalue weighted by Crippen LogP contribution is 2.30. The van der Waals surface area contributed by atoms with Crippen molar-refractivity contribution in [3.05, 3.63) is 83.5 Å². The maximum atomic E-state index is 12.7. The Labute approximate surface area is 176 Å². The molecule has 0 spiro atoms. The molecule has 6 nitrogen and oxygen atoms in total. The van der Waals surface area contributed by atoms with E-state index in [4.69, 9.17) is 4.98 Å². The van der Waals surface area contributed by atoms with Crippen LogP contribution in [0.4, 0.5) is 11.4 Å². The van der Waals surface area contributed by atoms with Crippen molar-refractivity contribution in [1.82, 2.24) is 9.97 Å². The first kappa shape index (κ1) is 18.2. The summed E-state index contributed by atoms with van der Waals surface area (Å²) in [6, 6.07) is 16.7. The average molecular weight is 412 g/mol. The Kier molecular flexibility index (Phi) is 4.57. The first-order valence-electron chi connectivity index (χ1n) is 9.36. The molecule has 3 heterocycles. The Morgan fingerprint density at radius 2 is 1.90 bits per heavy atom. The third kappa shape index (κ3) is 3.58. The highest BCUT2D eigenvalue weighted by atomic mass is 32.1. The molecular formula is C23H16N4O2S. The summed E-state index contributed by atoms with van der Waals surface area (Å²) in [5, 5.41) is 8.63. The first-order chi connectivity index (χ1) is 14.7. The molecule has 30 heavy (non-hydrogen) atoms. The Morgan fingerprint density at radius 3 is 2.77 bits per heavy atom. The van der Waals surface area contributed by atoms with Gasteiger partial charge in [0.1, 0.15) is 5.01 Å². The molecular weight excluding hydrogens is 396 g/mol. The van der Waals surface area contributed by atoms with Gasteiger partial charge in [0.05, 0.1) is 12.1 Å². The van der Waals surface area contributed by atoms with Crippen LogP contribution in [0.1, 0.15) is 15.9 Å². The average Bonchev–Trinajstić information content (AvgIpc) is 3.40. The minimum Gasteiger partial charge on any atom is -0.326 e. The zero-order valence-electron chi connectivity index (χ0n) is 15.8. The molecule has 1 aliphatic rings. The number of aromatic nitrogens is 2. The van der Waals surface area contributed by atoms with Crippen LogP contribution >= 0.6 is 11.3 Å². The number of carbonyl (C=O) groups excluding carboxylic acids is 2. The molecule has 0 bridgehead atoms. The van der Waals surface area contributed by atoms with Crippen molar-refractivity contribution in [2.45, 2.75) is 6.42 Å². The van der Waals surface area contributed by atoms with Crippen molar-refractivity contribution >= 4 is 34.5 Å². The van der Waals surface area contributed by atoms with Gasteiger partial charge in [-0.1, -0.05) is 12.1 Å². The lowest BCUT2D eigenvalue weighted by Crippen LogP contribution is -2.12. The second-order valence-corrected chi connectivity index (χ2v) is 7.76. The van der Waals surface area contributed by atoms with Gasteiger partial charge < -0.3 is 10.6 Å². The van der Waals surface area contributed by atoms with Gasteiger partial charge in [0, 0.05) is 45.8 Å². The SMILES string of the molecule is O=C1Cc2cc(C(=O)Nc3cccc(-c4csc(-c5ccncc5)n4)c3)ccc2N1. The molecule has 5 rings (SSSR count). The zero-order valence-corrected chi connectivity index (χ0v) is 16.6. The molecule has 0 radical (unpaired) electrons. The Balaban J connectivity index is 1.36. The van der Waals surface area contributed by atoms with Gasteiger partial charge in [0.2, 0.25) is 5.91 Å². The van der Waals surface area contributed by atoms with E-state index in [1.165, 1.54) is 0 Å². The maximum absolute atomic E-state index is 12.7. The fourth-order valence-corrected chi connectivity index (χ4v) is 4.20. The smallest absolute Gasteiger partial charge is 0.255 e. The van der Waals surface area contributed by atoms with Crippen LogP contribution in [0.2, 0.25) is 0 Å². The first-order valence-corrected chi connectivity index (χ1v) is 10.2. The summed E-state index contributed by atoms with van der Waals surface area (Å²) in [5.74, 6) is -0.269. The molecule has 2 amide bonds. The molecule has 0 aliphatic carbocycles. The van der Waals surface area contributed by atoms with Gasteiger partial charge in [-0.15, -0.1) is 11.3 Å². The van der Waals surface area contributed by atoms with E-state index >= 15 is 0 Å². The molecule has 7 heteroatoms. The lowest BCUT2D eigenvalue weighted by molar-refractivity contribution is -0.115. The Morgan fingerprint density at radius 1 is 1.03 bits per heavy atom. The second kappa shape index (κ2) is 7.53. The molecule has 1 aliphatic heterocycles. The number of nitrogens with one attached hydrogen (secondary N) is 2. The van der Waals surface area contributed by atoms with Crippen molar-refractivity contribution in [2.24, 2.45) is 0 Å². The summed E-state index contributed by atoms with van der Waals surface area (Å²) in [5.41, 5.74) is 5.61. The van der Waals surface area contributed by atoms with Gasteiger partial charge in [-0.2, -0.15) is 0 Å². The molecule has 2 aromatic carbocycles. The standard InChI is InChI=1S/C23H16N4O2S/c28-21-12-17-10-16(4-5-19(17)26-21)22(29)25-18-3-1-2-15(11-18)20-13-30-23(27-20)14-6-8-24-9-7-14/h1-11,13H,12H2,(H,25,29)(H,26,28). The van der Waals surface area contributed by atoms with E-state index in [0.717, 1.165) is 33.1 Å². The normalized spacial score (nSPS) is 12.3. The molecule has 2 N–H and O–H groups in total. The van der Waals surface area contributed by atoms with Crippen molar-refractivity contribution in [1.29, 1.82) is 0 Å². The number of hydrogen-bond donors (Lipinski definition) is 2. The number of benzene rings is 2. The number of hydrogen-bond acceptors (Lipinski definition) is 5. The topological polar surface area (TPSA) is 84.0 Å². The van der Waals surface area contributed by atoms with Gasteiger partial charge in [-0.05, 0) is 48.0 Å². The summed E-state index contributed by atoms with van der Waals surface area (Å²) >= 11 is 1.57. The van der Waals surface area contributed by atoms with E-state index in [1.54, 1.807) is 41.9 Å². The molecule has 146 valence electrons. The van der Waals surface area contributed by atoms with Crippen LogP contribution in [0, 0.1) is 0 Å². The highest BCUT2D eigenvalue weighted by Gasteiger charge is 2.19. The predicted octanol–water partition coefficient (Wildman–Crippen LogP) is 4.62. The number of rotatable bonds is 4. The van der Waals surface area contributed by atoms with Gasteiger partial charge in [-0.3, -0.25) is 14.6 Å². The van der Waals surface area contributed by atoms with E-state index < -0.39 is 0 Å². The number of amides is 2. The summed E-state index contributed by atoms with van der Waals surface area (Å²) in [7, 11) is 0. The summed E-state index contributed by atoms with van der Waals surface area (Å²) in [6.07, 6.45) is 3.80. The summed E-state index contributed by atoms with van der Waals surface area (Å²) in [6.45, 7) is 0. The van der Waals surface area contributed by atoms with Gasteiger partial charge in [0.25, 0.3) is 5.91 Å². The monoisotopic (exact) mass is 412 g/mol. The van der Waals surface area contributed by atoms with Gasteiger partial charge in [-0.25, -0.2) is 4.98 Å². The largest absolute Gasteiger partial charge is 0.326 e. The third-order valence-corrected chi connectivity index (χ3v) is 5.73. The van der Waals surface area contributed by atoms with Crippen molar-refractivity contribution < 1.29 is 9.59 Å². The van der Waals surface area contributed by atoms with Crippen LogP contribution in [0.5, 0.6) is 0 Å². The molecule has 2 aromatic heterocycles. The zero-order chi connectivity index (χ0) is 20.5.